The molecule has 18 heteroatoms. The Balaban J connectivity index is 0.809. The van der Waals surface area contributed by atoms with Gasteiger partial charge in [-0.25, -0.2) is 9.67 Å². The lowest BCUT2D eigenvalue weighted by Crippen LogP contribution is -2.49. The van der Waals surface area contributed by atoms with Gasteiger partial charge in [-0.1, -0.05) is 26.2 Å². The third-order valence-corrected chi connectivity index (χ3v) is 12.8. The number of methoxy groups -OCH3 is 1. The van der Waals surface area contributed by atoms with Crippen LogP contribution >= 0.6 is 0 Å². The number of carbonyl (C=O) groups is 3. The van der Waals surface area contributed by atoms with E-state index >= 15 is 0 Å². The summed E-state index contributed by atoms with van der Waals surface area (Å²) in [5.41, 5.74) is 2.56. The number of hydrogen-bond acceptors (Lipinski definition) is 14. The zero-order valence-electron chi connectivity index (χ0n) is 35.5. The summed E-state index contributed by atoms with van der Waals surface area (Å²) >= 11 is 0. The van der Waals surface area contributed by atoms with Crippen molar-refractivity contribution in [1.82, 2.24) is 49.6 Å². The van der Waals surface area contributed by atoms with E-state index in [9.17, 15) is 19.2 Å². The van der Waals surface area contributed by atoms with Crippen LogP contribution in [0.4, 0.5) is 23.1 Å². The van der Waals surface area contributed by atoms with Gasteiger partial charge in [-0.3, -0.25) is 34.0 Å². The van der Waals surface area contributed by atoms with Crippen LogP contribution < -0.4 is 31.1 Å². The molecular weight excluding hydrogens is 791 g/mol. The summed E-state index contributed by atoms with van der Waals surface area (Å²) in [6.45, 7) is 9.14. The minimum atomic E-state index is -0.807. The summed E-state index contributed by atoms with van der Waals surface area (Å²) in [4.78, 5) is 67.3. The average Bonchev–Trinajstić information content (AvgIpc) is 3.68. The lowest BCUT2D eigenvalue weighted by molar-refractivity contribution is -0.136. The Labute approximate surface area is 359 Å². The highest BCUT2D eigenvalue weighted by Gasteiger charge is 2.36. The van der Waals surface area contributed by atoms with Gasteiger partial charge in [0, 0.05) is 68.9 Å². The molecule has 3 amide bonds. The van der Waals surface area contributed by atoms with Gasteiger partial charge in [-0.15, -0.1) is 10.2 Å². The summed E-state index contributed by atoms with van der Waals surface area (Å²) in [5, 5.41) is 23.5. The van der Waals surface area contributed by atoms with E-state index in [1.54, 1.807) is 25.4 Å². The fraction of sp³-hybridized carbons (Fsp3) is 0.477. The smallest absolute Gasteiger partial charge is 0.275 e. The number of carbonyl (C=O) groups excluding carboxylic acids is 3. The topological polar surface area (TPSA) is 198 Å². The second-order valence-electron chi connectivity index (χ2n) is 16.7. The number of nitrogens with zero attached hydrogens (tertiary/aromatic N) is 10. The number of piperazine rings is 1. The number of hydrogen-bond donors (Lipinski definition) is 3. The summed E-state index contributed by atoms with van der Waals surface area (Å²) in [6.07, 6.45) is 11.0. The molecule has 3 aromatic heterocycles. The second kappa shape index (κ2) is 17.5. The van der Waals surface area contributed by atoms with Gasteiger partial charge in [0.2, 0.25) is 11.9 Å². The summed E-state index contributed by atoms with van der Waals surface area (Å²) < 4.78 is 9.05. The maximum atomic E-state index is 13.8. The van der Waals surface area contributed by atoms with Gasteiger partial charge in [0.15, 0.2) is 11.6 Å². The third-order valence-electron chi connectivity index (χ3n) is 12.8. The van der Waals surface area contributed by atoms with Gasteiger partial charge in [0.05, 0.1) is 36.6 Å². The Morgan fingerprint density at radius 1 is 0.968 bits per heavy atom. The zero-order chi connectivity index (χ0) is 42.9. The Hall–Kier alpha value is -6.43. The maximum absolute atomic E-state index is 13.8. The molecule has 324 valence electrons. The van der Waals surface area contributed by atoms with Crippen molar-refractivity contribution in [3.8, 4) is 11.4 Å². The molecule has 62 heavy (non-hydrogen) atoms. The van der Waals surface area contributed by atoms with Crippen molar-refractivity contribution in [1.29, 1.82) is 0 Å². The molecule has 1 unspecified atom stereocenters. The van der Waals surface area contributed by atoms with E-state index in [4.69, 9.17) is 14.7 Å². The molecule has 9 rings (SSSR count). The van der Waals surface area contributed by atoms with Crippen LogP contribution in [-0.2, 0) is 9.59 Å². The number of ether oxygens (including phenoxy) is 1. The number of aromatic nitrogens is 7. The molecule has 1 aliphatic carbocycles. The van der Waals surface area contributed by atoms with Crippen LogP contribution in [0.1, 0.15) is 92.4 Å². The Kier molecular flexibility index (Phi) is 11.6. The molecule has 1 saturated carbocycles. The Morgan fingerprint density at radius 3 is 2.56 bits per heavy atom. The molecule has 6 heterocycles. The highest BCUT2D eigenvalue weighted by Crippen LogP contribution is 2.41. The minimum Gasteiger partial charge on any atom is -0.495 e. The molecule has 2 aromatic carbocycles. The van der Waals surface area contributed by atoms with Crippen molar-refractivity contribution >= 4 is 51.6 Å². The van der Waals surface area contributed by atoms with Crippen LogP contribution in [0.2, 0.25) is 0 Å². The molecule has 4 aliphatic rings. The van der Waals surface area contributed by atoms with E-state index in [-0.39, 0.29) is 36.3 Å². The highest BCUT2D eigenvalue weighted by molar-refractivity contribution is 5.99. The maximum Gasteiger partial charge on any atom is 0.275 e. The van der Waals surface area contributed by atoms with Crippen molar-refractivity contribution in [3.05, 3.63) is 76.4 Å². The number of amides is 3. The third kappa shape index (κ3) is 8.06. The first-order valence-corrected chi connectivity index (χ1v) is 21.8. The van der Waals surface area contributed by atoms with Crippen molar-refractivity contribution in [2.45, 2.75) is 77.3 Å². The van der Waals surface area contributed by atoms with Gasteiger partial charge in [0.25, 0.3) is 17.4 Å². The Morgan fingerprint density at radius 2 is 1.79 bits per heavy atom. The fourth-order valence-corrected chi connectivity index (χ4v) is 9.42. The molecule has 3 fully saturated rings. The van der Waals surface area contributed by atoms with E-state index < -0.39 is 11.9 Å². The van der Waals surface area contributed by atoms with Crippen molar-refractivity contribution in [2.24, 2.45) is 5.92 Å². The van der Waals surface area contributed by atoms with Crippen LogP contribution in [-0.4, -0.2) is 115 Å². The van der Waals surface area contributed by atoms with Crippen LogP contribution in [0, 0.1) is 12.8 Å². The monoisotopic (exact) mass is 843 g/mol. The molecule has 2 atom stereocenters. The van der Waals surface area contributed by atoms with Crippen LogP contribution in [0.5, 0.6) is 5.75 Å². The van der Waals surface area contributed by atoms with E-state index in [0.717, 1.165) is 61.4 Å². The molecule has 3 aliphatic heterocycles. The lowest BCUT2D eigenvalue weighted by Gasteiger charge is -2.39. The number of benzene rings is 2. The summed E-state index contributed by atoms with van der Waals surface area (Å²) in [7, 11) is 1.60. The van der Waals surface area contributed by atoms with Crippen molar-refractivity contribution in [3.63, 3.8) is 0 Å². The number of piperidine rings is 1. The first-order chi connectivity index (χ1) is 30.2. The van der Waals surface area contributed by atoms with Gasteiger partial charge in [0.1, 0.15) is 23.3 Å². The fourth-order valence-electron chi connectivity index (χ4n) is 9.42. The van der Waals surface area contributed by atoms with Crippen molar-refractivity contribution in [2.75, 3.05) is 68.5 Å². The molecule has 0 radical (unpaired) electrons. The number of fused-ring (bicyclic) bond motifs is 4. The number of nitrogens with one attached hydrogen (secondary N) is 3. The number of imide groups is 1. The van der Waals surface area contributed by atoms with Crippen LogP contribution in [0.15, 0.2) is 53.6 Å². The van der Waals surface area contributed by atoms with E-state index in [1.807, 2.05) is 42.3 Å². The van der Waals surface area contributed by atoms with Crippen LogP contribution in [0.3, 0.4) is 0 Å². The molecule has 3 N–H and O–H groups in total. The molecule has 2 saturated heterocycles. The summed E-state index contributed by atoms with van der Waals surface area (Å²) in [5.74, 6) is 3.26. The predicted octanol–water partition coefficient (Wildman–Crippen LogP) is 4.53. The van der Waals surface area contributed by atoms with E-state index in [0.29, 0.717) is 59.3 Å². The molecule has 5 aromatic rings. The normalized spacial score (nSPS) is 19.5. The standard InChI is InChI=1S/C44H53N13O5/c1-4-34-40-52-51-27(2)56(40)36-25-46-44(50-39(36)55(34)26-28-8-6-5-7-9-28)48-33-13-10-29(23-37(33)62-3)42(60)54-20-18-53(19-21-54)17-16-45-31-11-12-32-30(22-31)24-47-57(43(32)61)35-14-15-38(58)49-41(35)59/h10-13,22-25,28,34-35,45H,4-9,14-21,26H2,1-3H3,(H,46,48,50)(H,49,58,59)/t34-,35?/m1/s1. The quantitative estimate of drug-likeness (QED) is 0.148. The van der Waals surface area contributed by atoms with Gasteiger partial charge in [-0.05, 0) is 74.9 Å². The van der Waals surface area contributed by atoms with Crippen molar-refractivity contribution < 1.29 is 19.1 Å². The first-order valence-electron chi connectivity index (χ1n) is 21.8. The average molecular weight is 844 g/mol. The zero-order valence-corrected chi connectivity index (χ0v) is 35.5. The van der Waals surface area contributed by atoms with Gasteiger partial charge < -0.3 is 25.2 Å². The second-order valence-corrected chi connectivity index (χ2v) is 16.7. The van der Waals surface area contributed by atoms with E-state index in [2.05, 4.69) is 52.5 Å². The number of aryl methyl sites for hydroxylation is 1. The number of anilines is 4. The molecular formula is C44H53N13O5. The molecule has 0 spiro atoms. The number of rotatable bonds is 12. The predicted molar refractivity (Wildman–Crippen MR) is 233 cm³/mol. The van der Waals surface area contributed by atoms with Gasteiger partial charge in [-0.2, -0.15) is 10.1 Å². The highest BCUT2D eigenvalue weighted by atomic mass is 16.5. The first kappa shape index (κ1) is 40.9. The SMILES string of the molecule is CC[C@@H]1c2nnc(C)n2-c2cnc(Nc3ccc(C(=O)N4CCN(CCNc5ccc6c(=O)n(C7CCC(=O)NC7=O)ncc6c5)CC4)cc3OC)nc2N1CC1CCCCC1. The Bertz CT molecular complexity index is 2560. The molecule has 18 nitrogen and oxygen atoms in total. The van der Waals surface area contributed by atoms with Crippen LogP contribution in [0.25, 0.3) is 16.5 Å². The lowest BCUT2D eigenvalue weighted by atomic mass is 9.88. The minimum absolute atomic E-state index is 0.0526. The van der Waals surface area contributed by atoms with E-state index in [1.165, 1.54) is 36.8 Å². The largest absolute Gasteiger partial charge is 0.495 e. The molecule has 0 bridgehead atoms. The summed E-state index contributed by atoms with van der Waals surface area (Å²) in [6, 6.07) is 10.1. The van der Waals surface area contributed by atoms with Gasteiger partial charge >= 0.3 is 0 Å².